The second kappa shape index (κ2) is 5.93. The Balaban J connectivity index is 1.91. The Labute approximate surface area is 111 Å². The molecule has 2 heterocycles. The van der Waals surface area contributed by atoms with Crippen LogP contribution in [0.5, 0.6) is 0 Å². The van der Waals surface area contributed by atoms with Gasteiger partial charge in [-0.25, -0.2) is 4.79 Å². The Morgan fingerprint density at radius 3 is 2.67 bits per heavy atom. The summed E-state index contributed by atoms with van der Waals surface area (Å²) in [6.07, 6.45) is 3.13. The maximum Gasteiger partial charge on any atom is 0.329 e. The van der Waals surface area contributed by atoms with E-state index < -0.39 is 11.5 Å². The molecule has 2 aliphatic rings. The van der Waals surface area contributed by atoms with Gasteiger partial charge in [0.05, 0.1) is 12.5 Å². The van der Waals surface area contributed by atoms with Crippen molar-refractivity contribution in [2.24, 2.45) is 0 Å². The van der Waals surface area contributed by atoms with Crippen LogP contribution in [0.25, 0.3) is 0 Å². The molecule has 0 spiro atoms. The molecule has 0 radical (unpaired) electrons. The molecule has 1 unspecified atom stereocenters. The van der Waals surface area contributed by atoms with Crippen molar-refractivity contribution in [2.75, 3.05) is 18.1 Å². The van der Waals surface area contributed by atoms with Gasteiger partial charge in [-0.05, 0) is 37.2 Å². The van der Waals surface area contributed by atoms with Crippen LogP contribution in [0.3, 0.4) is 0 Å². The van der Waals surface area contributed by atoms with Crippen LogP contribution in [0.4, 0.5) is 0 Å². The van der Waals surface area contributed by atoms with Gasteiger partial charge in [-0.15, -0.1) is 0 Å². The van der Waals surface area contributed by atoms with E-state index >= 15 is 0 Å². The number of aliphatic carboxylic acids is 1. The van der Waals surface area contributed by atoms with E-state index in [1.807, 2.05) is 0 Å². The molecule has 0 aromatic carbocycles. The summed E-state index contributed by atoms with van der Waals surface area (Å²) in [6.45, 7) is 0.707. The van der Waals surface area contributed by atoms with E-state index in [0.717, 1.165) is 24.3 Å². The molecule has 102 valence electrons. The summed E-state index contributed by atoms with van der Waals surface area (Å²) in [5, 5.41) is 12.1. The van der Waals surface area contributed by atoms with Crippen molar-refractivity contribution >= 4 is 23.6 Å². The number of nitrogens with one attached hydrogen (secondary N) is 1. The standard InChI is InChI=1S/C12H19NO4S/c14-10(8-9-2-1-5-17-9)13-12(11(15)16)3-6-18-7-4-12/h9H,1-8H2,(H,13,14)(H,15,16). The smallest absolute Gasteiger partial charge is 0.329 e. The van der Waals surface area contributed by atoms with Crippen LogP contribution in [0.2, 0.25) is 0 Å². The average molecular weight is 273 g/mol. The fourth-order valence-corrected chi connectivity index (χ4v) is 3.63. The third-order valence-electron chi connectivity index (χ3n) is 3.57. The predicted octanol–water partition coefficient (Wildman–Crippen LogP) is 1.02. The van der Waals surface area contributed by atoms with Crippen LogP contribution < -0.4 is 5.32 Å². The van der Waals surface area contributed by atoms with Crippen molar-refractivity contribution < 1.29 is 19.4 Å². The molecule has 0 aromatic heterocycles. The van der Waals surface area contributed by atoms with Crippen molar-refractivity contribution in [1.29, 1.82) is 0 Å². The molecular formula is C12H19NO4S. The SMILES string of the molecule is O=C(CC1CCCO1)NC1(C(=O)O)CCSCC1. The van der Waals surface area contributed by atoms with E-state index in [4.69, 9.17) is 4.74 Å². The first-order valence-corrected chi connectivity index (χ1v) is 7.52. The second-order valence-electron chi connectivity index (χ2n) is 4.89. The van der Waals surface area contributed by atoms with E-state index in [-0.39, 0.29) is 18.4 Å². The highest BCUT2D eigenvalue weighted by atomic mass is 32.2. The molecule has 2 aliphatic heterocycles. The number of thioether (sulfide) groups is 1. The Morgan fingerprint density at radius 2 is 2.11 bits per heavy atom. The molecule has 0 aliphatic carbocycles. The minimum absolute atomic E-state index is 0.0335. The van der Waals surface area contributed by atoms with Crippen LogP contribution in [-0.2, 0) is 14.3 Å². The van der Waals surface area contributed by atoms with Crippen molar-refractivity contribution in [2.45, 2.75) is 43.7 Å². The van der Waals surface area contributed by atoms with Gasteiger partial charge in [0.25, 0.3) is 0 Å². The number of ether oxygens (including phenoxy) is 1. The van der Waals surface area contributed by atoms with E-state index in [1.54, 1.807) is 11.8 Å². The third kappa shape index (κ3) is 3.17. The number of carbonyl (C=O) groups is 2. The summed E-state index contributed by atoms with van der Waals surface area (Å²) in [5.41, 5.74) is -1.05. The van der Waals surface area contributed by atoms with Crippen LogP contribution in [0, 0.1) is 0 Å². The highest BCUT2D eigenvalue weighted by molar-refractivity contribution is 7.99. The molecule has 5 nitrogen and oxygen atoms in total. The monoisotopic (exact) mass is 273 g/mol. The zero-order valence-electron chi connectivity index (χ0n) is 10.3. The fraction of sp³-hybridized carbons (Fsp3) is 0.833. The number of hydrogen-bond donors (Lipinski definition) is 2. The number of carbonyl (C=O) groups excluding carboxylic acids is 1. The number of hydrogen-bond acceptors (Lipinski definition) is 4. The summed E-state index contributed by atoms with van der Waals surface area (Å²) in [4.78, 5) is 23.3. The van der Waals surface area contributed by atoms with E-state index in [9.17, 15) is 14.7 Å². The van der Waals surface area contributed by atoms with Gasteiger partial charge in [0.15, 0.2) is 0 Å². The topological polar surface area (TPSA) is 75.6 Å². The second-order valence-corrected chi connectivity index (χ2v) is 6.11. The first kappa shape index (κ1) is 13.7. The zero-order chi connectivity index (χ0) is 13.0. The molecule has 0 aromatic rings. The molecule has 2 rings (SSSR count). The highest BCUT2D eigenvalue weighted by Gasteiger charge is 2.41. The molecule has 0 saturated carbocycles. The third-order valence-corrected chi connectivity index (χ3v) is 4.56. The summed E-state index contributed by atoms with van der Waals surface area (Å²) in [5.74, 6) is 0.457. The van der Waals surface area contributed by atoms with Crippen LogP contribution in [-0.4, -0.2) is 46.7 Å². The Bertz CT molecular complexity index is 322. The van der Waals surface area contributed by atoms with Crippen molar-refractivity contribution in [1.82, 2.24) is 5.32 Å². The van der Waals surface area contributed by atoms with E-state index in [1.165, 1.54) is 0 Å². The molecule has 1 amide bonds. The van der Waals surface area contributed by atoms with Crippen LogP contribution in [0.1, 0.15) is 32.1 Å². The number of rotatable bonds is 4. The Hall–Kier alpha value is -0.750. The van der Waals surface area contributed by atoms with Crippen molar-refractivity contribution in [3.8, 4) is 0 Å². The average Bonchev–Trinajstić information content (AvgIpc) is 2.82. The van der Waals surface area contributed by atoms with Gasteiger partial charge in [-0.3, -0.25) is 4.79 Å². The van der Waals surface area contributed by atoms with E-state index in [2.05, 4.69) is 5.32 Å². The molecule has 2 N–H and O–H groups in total. The van der Waals surface area contributed by atoms with Gasteiger partial charge in [0.1, 0.15) is 5.54 Å². The first-order valence-electron chi connectivity index (χ1n) is 6.36. The maximum absolute atomic E-state index is 11.9. The van der Waals surface area contributed by atoms with Crippen LogP contribution in [0.15, 0.2) is 0 Å². The Morgan fingerprint density at radius 1 is 1.39 bits per heavy atom. The lowest BCUT2D eigenvalue weighted by Gasteiger charge is -2.34. The summed E-state index contributed by atoms with van der Waals surface area (Å²) >= 11 is 1.74. The fourth-order valence-electron chi connectivity index (χ4n) is 2.44. The van der Waals surface area contributed by atoms with Gasteiger partial charge in [0.2, 0.25) is 5.91 Å². The summed E-state index contributed by atoms with van der Waals surface area (Å²) in [7, 11) is 0. The highest BCUT2D eigenvalue weighted by Crippen LogP contribution is 2.28. The molecule has 18 heavy (non-hydrogen) atoms. The summed E-state index contributed by atoms with van der Waals surface area (Å²) in [6, 6.07) is 0. The first-order chi connectivity index (χ1) is 8.62. The number of amides is 1. The molecule has 6 heteroatoms. The molecule has 0 bridgehead atoms. The van der Waals surface area contributed by atoms with Gasteiger partial charge in [0, 0.05) is 6.61 Å². The maximum atomic E-state index is 11.9. The Kier molecular flexibility index (Phi) is 4.50. The van der Waals surface area contributed by atoms with E-state index in [0.29, 0.717) is 19.4 Å². The number of carboxylic acids is 1. The largest absolute Gasteiger partial charge is 0.480 e. The molecular weight excluding hydrogens is 254 g/mol. The quantitative estimate of drug-likeness (QED) is 0.800. The van der Waals surface area contributed by atoms with Crippen LogP contribution >= 0.6 is 11.8 Å². The van der Waals surface area contributed by atoms with Gasteiger partial charge in [-0.1, -0.05) is 0 Å². The minimum atomic E-state index is -1.05. The van der Waals surface area contributed by atoms with Gasteiger partial charge in [-0.2, -0.15) is 11.8 Å². The normalized spacial score (nSPS) is 26.8. The molecule has 2 saturated heterocycles. The lowest BCUT2D eigenvalue weighted by Crippen LogP contribution is -2.56. The summed E-state index contributed by atoms with van der Waals surface area (Å²) < 4.78 is 5.39. The predicted molar refractivity (Wildman–Crippen MR) is 68.7 cm³/mol. The minimum Gasteiger partial charge on any atom is -0.480 e. The lowest BCUT2D eigenvalue weighted by atomic mass is 9.92. The molecule has 2 fully saturated rings. The zero-order valence-corrected chi connectivity index (χ0v) is 11.1. The van der Waals surface area contributed by atoms with Crippen molar-refractivity contribution in [3.63, 3.8) is 0 Å². The van der Waals surface area contributed by atoms with Gasteiger partial charge < -0.3 is 15.2 Å². The lowest BCUT2D eigenvalue weighted by molar-refractivity contribution is -0.148. The van der Waals surface area contributed by atoms with Gasteiger partial charge >= 0.3 is 5.97 Å². The molecule has 1 atom stereocenters. The number of carboxylic acid groups (broad SMARTS) is 1. The van der Waals surface area contributed by atoms with Crippen molar-refractivity contribution in [3.05, 3.63) is 0 Å².